The molecule has 3 aromatic rings. The van der Waals surface area contributed by atoms with Crippen molar-refractivity contribution in [2.24, 2.45) is 0 Å². The minimum absolute atomic E-state index is 0.0414. The van der Waals surface area contributed by atoms with Gasteiger partial charge in [-0.1, -0.05) is 60.7 Å². The number of carbonyl (C=O) groups is 2. The van der Waals surface area contributed by atoms with Gasteiger partial charge in [0.15, 0.2) is 0 Å². The highest BCUT2D eigenvalue weighted by atomic mass is 32.2. The van der Waals surface area contributed by atoms with E-state index in [1.54, 1.807) is 37.3 Å². The molecule has 34 heavy (non-hydrogen) atoms. The fourth-order valence-electron chi connectivity index (χ4n) is 3.02. The van der Waals surface area contributed by atoms with Gasteiger partial charge in [0.25, 0.3) is 0 Å². The Labute approximate surface area is 198 Å². The summed E-state index contributed by atoms with van der Waals surface area (Å²) in [5.41, 5.74) is 1.47. The summed E-state index contributed by atoms with van der Waals surface area (Å²) in [5.74, 6) is -0.485. The first-order valence-corrected chi connectivity index (χ1v) is 12.0. The molecule has 0 saturated heterocycles. The molecule has 1 atom stereocenters. The summed E-state index contributed by atoms with van der Waals surface area (Å²) in [5, 5.41) is 2.53. The Kier molecular flexibility index (Phi) is 8.64. The Morgan fingerprint density at radius 1 is 0.824 bits per heavy atom. The number of rotatable bonds is 10. The highest BCUT2D eigenvalue weighted by Gasteiger charge is 2.24. The predicted molar refractivity (Wildman–Crippen MR) is 125 cm³/mol. The minimum Gasteiger partial charge on any atom is -0.464 e. The van der Waals surface area contributed by atoms with E-state index < -0.39 is 28.2 Å². The summed E-state index contributed by atoms with van der Waals surface area (Å²) in [6, 6.07) is 22.1. The first-order chi connectivity index (χ1) is 16.4. The van der Waals surface area contributed by atoms with Crippen LogP contribution < -0.4 is 9.50 Å². The molecule has 0 spiro atoms. The van der Waals surface area contributed by atoms with Crippen molar-refractivity contribution in [3.05, 3.63) is 96.1 Å². The molecule has 178 valence electrons. The van der Waals surface area contributed by atoms with Crippen LogP contribution >= 0.6 is 0 Å². The highest BCUT2D eigenvalue weighted by Crippen LogP contribution is 2.20. The Hall–Kier alpha value is -3.85. The molecule has 0 bridgehead atoms. The summed E-state index contributed by atoms with van der Waals surface area (Å²) in [4.78, 5) is 24.7. The predicted octanol–water partition coefficient (Wildman–Crippen LogP) is 3.85. The maximum atomic E-state index is 12.4. The van der Waals surface area contributed by atoms with Gasteiger partial charge in [-0.25, -0.2) is 9.59 Å². The molecule has 0 aromatic heterocycles. The third-order valence-corrected chi connectivity index (χ3v) is 5.94. The Balaban J connectivity index is 1.63. The minimum atomic E-state index is -3.96. The number of carbonyl (C=O) groups excluding carboxylic acids is 2. The molecule has 1 amide bonds. The average molecular weight is 484 g/mol. The Morgan fingerprint density at radius 3 is 2.06 bits per heavy atom. The zero-order chi connectivity index (χ0) is 24.4. The van der Waals surface area contributed by atoms with Crippen molar-refractivity contribution in [2.45, 2.75) is 30.9 Å². The monoisotopic (exact) mass is 483 g/mol. The van der Waals surface area contributed by atoms with Gasteiger partial charge in [-0.3, -0.25) is 0 Å². The molecule has 8 nitrogen and oxygen atoms in total. The number of hydrogen-bond donors (Lipinski definition) is 1. The number of alkyl carbamates (subject to hydrolysis) is 1. The summed E-state index contributed by atoms with van der Waals surface area (Å²) < 4.78 is 40.2. The number of esters is 1. The third kappa shape index (κ3) is 7.35. The van der Waals surface area contributed by atoms with E-state index in [0.717, 1.165) is 5.56 Å². The molecule has 1 N–H and O–H groups in total. The van der Waals surface area contributed by atoms with Gasteiger partial charge < -0.3 is 19.0 Å². The van der Waals surface area contributed by atoms with Crippen molar-refractivity contribution in [2.75, 3.05) is 6.61 Å². The molecular formula is C25H25NO7S. The number of benzene rings is 3. The zero-order valence-corrected chi connectivity index (χ0v) is 19.4. The fourth-order valence-corrected chi connectivity index (χ4v) is 3.97. The molecule has 0 aliphatic carbocycles. The van der Waals surface area contributed by atoms with E-state index in [9.17, 15) is 18.0 Å². The van der Waals surface area contributed by atoms with Crippen molar-refractivity contribution in [3.63, 3.8) is 0 Å². The lowest BCUT2D eigenvalue weighted by atomic mass is 10.1. The Bertz CT molecular complexity index is 1180. The van der Waals surface area contributed by atoms with Crippen LogP contribution in [0, 0.1) is 0 Å². The van der Waals surface area contributed by atoms with Crippen LogP contribution in [-0.2, 0) is 37.4 Å². The molecule has 0 saturated carbocycles. The topological polar surface area (TPSA) is 108 Å². The molecule has 1 unspecified atom stereocenters. The summed E-state index contributed by atoms with van der Waals surface area (Å²) in [6.45, 7) is 1.88. The maximum Gasteiger partial charge on any atom is 0.408 e. The van der Waals surface area contributed by atoms with Gasteiger partial charge in [-0.2, -0.15) is 8.42 Å². The molecular weight excluding hydrogens is 458 g/mol. The van der Waals surface area contributed by atoms with Crippen molar-refractivity contribution < 1.29 is 31.7 Å². The second-order valence-corrected chi connectivity index (χ2v) is 8.76. The quantitative estimate of drug-likeness (QED) is 0.345. The summed E-state index contributed by atoms with van der Waals surface area (Å²) in [7, 11) is -3.96. The normalized spacial score (nSPS) is 11.8. The van der Waals surface area contributed by atoms with Crippen molar-refractivity contribution in [1.29, 1.82) is 0 Å². The molecule has 0 fully saturated rings. The largest absolute Gasteiger partial charge is 0.464 e. The standard InChI is InChI=1S/C25H25NO7S/c1-2-31-24(27)23(26-25(28)32-18-20-9-5-3-6-10-20)17-19-13-15-21(16-14-19)33-34(29,30)22-11-7-4-8-12-22/h3-16,23H,2,17-18H2,1H3,(H,26,28). The van der Waals surface area contributed by atoms with Crippen LogP contribution in [0.15, 0.2) is 89.8 Å². The second-order valence-electron chi connectivity index (χ2n) is 7.21. The summed E-state index contributed by atoms with van der Waals surface area (Å²) in [6.07, 6.45) is -0.638. The van der Waals surface area contributed by atoms with Gasteiger partial charge in [0.2, 0.25) is 0 Å². The van der Waals surface area contributed by atoms with Crippen LogP contribution in [0.4, 0.5) is 4.79 Å². The molecule has 3 aromatic carbocycles. The van der Waals surface area contributed by atoms with Gasteiger partial charge in [-0.05, 0) is 42.3 Å². The van der Waals surface area contributed by atoms with Crippen molar-refractivity contribution >= 4 is 22.2 Å². The first-order valence-electron chi connectivity index (χ1n) is 10.6. The lowest BCUT2D eigenvalue weighted by Crippen LogP contribution is -2.43. The second kappa shape index (κ2) is 11.9. The molecule has 0 radical (unpaired) electrons. The van der Waals surface area contributed by atoms with Crippen LogP contribution in [0.3, 0.4) is 0 Å². The maximum absolute atomic E-state index is 12.4. The van der Waals surface area contributed by atoms with Crippen LogP contribution in [0.1, 0.15) is 18.1 Å². The third-order valence-electron chi connectivity index (χ3n) is 4.68. The van der Waals surface area contributed by atoms with E-state index >= 15 is 0 Å². The smallest absolute Gasteiger partial charge is 0.408 e. The number of ether oxygens (including phenoxy) is 2. The SMILES string of the molecule is CCOC(=O)C(Cc1ccc(OS(=O)(=O)c2ccccc2)cc1)NC(=O)OCc1ccccc1. The van der Waals surface area contributed by atoms with Gasteiger partial charge in [-0.15, -0.1) is 0 Å². The van der Waals surface area contributed by atoms with E-state index in [1.807, 2.05) is 30.3 Å². The van der Waals surface area contributed by atoms with E-state index in [2.05, 4.69) is 5.32 Å². The van der Waals surface area contributed by atoms with Gasteiger partial charge >= 0.3 is 22.2 Å². The van der Waals surface area contributed by atoms with Crippen LogP contribution in [0.25, 0.3) is 0 Å². The lowest BCUT2D eigenvalue weighted by molar-refractivity contribution is -0.145. The molecule has 0 heterocycles. The van der Waals surface area contributed by atoms with Crippen molar-refractivity contribution in [1.82, 2.24) is 5.32 Å². The van der Waals surface area contributed by atoms with Gasteiger partial charge in [0.1, 0.15) is 23.3 Å². The van der Waals surface area contributed by atoms with E-state index in [0.29, 0.717) is 5.56 Å². The number of amides is 1. The van der Waals surface area contributed by atoms with E-state index in [1.165, 1.54) is 24.3 Å². The summed E-state index contributed by atoms with van der Waals surface area (Å²) >= 11 is 0. The molecule has 3 rings (SSSR count). The van der Waals surface area contributed by atoms with Crippen molar-refractivity contribution in [3.8, 4) is 5.75 Å². The van der Waals surface area contributed by atoms with Crippen LogP contribution in [0.5, 0.6) is 5.75 Å². The molecule has 0 aliphatic heterocycles. The zero-order valence-electron chi connectivity index (χ0n) is 18.5. The van der Waals surface area contributed by atoms with Gasteiger partial charge in [0, 0.05) is 6.42 Å². The Morgan fingerprint density at radius 2 is 1.44 bits per heavy atom. The first kappa shape index (κ1) is 24.8. The lowest BCUT2D eigenvalue weighted by Gasteiger charge is -2.17. The number of hydrogen-bond acceptors (Lipinski definition) is 7. The number of nitrogens with one attached hydrogen (secondary N) is 1. The highest BCUT2D eigenvalue weighted by molar-refractivity contribution is 7.87. The molecule has 0 aliphatic rings. The van der Waals surface area contributed by atoms with Crippen LogP contribution in [-0.4, -0.2) is 33.1 Å². The van der Waals surface area contributed by atoms with E-state index in [-0.39, 0.29) is 30.3 Å². The fraction of sp³-hybridized carbons (Fsp3) is 0.200. The molecule has 9 heteroatoms. The van der Waals surface area contributed by atoms with E-state index in [4.69, 9.17) is 13.7 Å². The van der Waals surface area contributed by atoms with Crippen LogP contribution in [0.2, 0.25) is 0 Å². The van der Waals surface area contributed by atoms with Gasteiger partial charge in [0.05, 0.1) is 6.61 Å². The average Bonchev–Trinajstić information content (AvgIpc) is 2.85.